The van der Waals surface area contributed by atoms with Crippen LogP contribution in [0.25, 0.3) is 0 Å². The Morgan fingerprint density at radius 1 is 1.00 bits per heavy atom. The first-order chi connectivity index (χ1) is 16.9. The molecule has 3 aromatic carbocycles. The summed E-state index contributed by atoms with van der Waals surface area (Å²) in [7, 11) is 0. The van der Waals surface area contributed by atoms with Crippen LogP contribution in [-0.2, 0) is 16.1 Å². The van der Waals surface area contributed by atoms with Crippen molar-refractivity contribution in [1.82, 2.24) is 4.90 Å². The van der Waals surface area contributed by atoms with E-state index >= 15 is 0 Å². The maximum absolute atomic E-state index is 13.4. The van der Waals surface area contributed by atoms with E-state index in [9.17, 15) is 18.8 Å². The fourth-order valence-electron chi connectivity index (χ4n) is 4.00. The van der Waals surface area contributed by atoms with Gasteiger partial charge in [0.25, 0.3) is 5.91 Å². The molecule has 1 atom stereocenters. The van der Waals surface area contributed by atoms with Crippen LogP contribution in [0.3, 0.4) is 0 Å². The number of ether oxygens (including phenoxy) is 2. The van der Waals surface area contributed by atoms with Crippen molar-refractivity contribution in [1.29, 1.82) is 0 Å². The minimum atomic E-state index is -1.06. The first-order valence-corrected chi connectivity index (χ1v) is 11.1. The van der Waals surface area contributed by atoms with E-state index in [1.165, 1.54) is 29.2 Å². The second kappa shape index (κ2) is 9.27. The van der Waals surface area contributed by atoms with E-state index < -0.39 is 29.7 Å². The Bertz CT molecular complexity index is 1300. The van der Waals surface area contributed by atoms with Crippen LogP contribution in [0.2, 0.25) is 5.02 Å². The number of nitrogens with one attached hydrogen (secondary N) is 1. The van der Waals surface area contributed by atoms with Crippen LogP contribution >= 0.6 is 11.6 Å². The molecule has 2 heterocycles. The van der Waals surface area contributed by atoms with E-state index in [1.54, 1.807) is 42.5 Å². The summed E-state index contributed by atoms with van der Waals surface area (Å²) in [6.07, 6.45) is -0.268. The average molecular weight is 496 g/mol. The third kappa shape index (κ3) is 4.63. The number of imide groups is 1. The molecule has 1 saturated heterocycles. The maximum atomic E-state index is 13.4. The van der Waals surface area contributed by atoms with Gasteiger partial charge in [0.1, 0.15) is 11.9 Å². The lowest BCUT2D eigenvalue weighted by molar-refractivity contribution is -0.124. The normalized spacial score (nSPS) is 16.7. The highest BCUT2D eigenvalue weighted by Gasteiger charge is 2.46. The summed E-state index contributed by atoms with van der Waals surface area (Å²) in [5, 5.41) is 3.24. The summed E-state index contributed by atoms with van der Waals surface area (Å²) in [6, 6.07) is 15.1. The van der Waals surface area contributed by atoms with Crippen LogP contribution < -0.4 is 19.7 Å². The van der Waals surface area contributed by atoms with Gasteiger partial charge in [-0.25, -0.2) is 14.1 Å². The number of hydrogen-bond acceptors (Lipinski definition) is 5. The smallest absolute Gasteiger partial charge is 0.332 e. The van der Waals surface area contributed by atoms with E-state index in [0.717, 1.165) is 4.90 Å². The van der Waals surface area contributed by atoms with Gasteiger partial charge in [-0.2, -0.15) is 0 Å². The lowest BCUT2D eigenvalue weighted by Gasteiger charge is -2.22. The SMILES string of the molecule is O=C(C[C@@H]1C(=O)N(c2ccc(F)cc2)C(=O)N1Cc1ccc2c(c1)OCO2)Nc1ccc(Cl)cc1. The zero-order valence-corrected chi connectivity index (χ0v) is 19.0. The van der Waals surface area contributed by atoms with Gasteiger partial charge in [0.15, 0.2) is 11.5 Å². The number of carbonyl (C=O) groups excluding carboxylic acids is 3. The van der Waals surface area contributed by atoms with Gasteiger partial charge in [0.05, 0.1) is 12.1 Å². The number of fused-ring (bicyclic) bond motifs is 1. The van der Waals surface area contributed by atoms with Crippen molar-refractivity contribution in [2.24, 2.45) is 0 Å². The lowest BCUT2D eigenvalue weighted by atomic mass is 10.1. The van der Waals surface area contributed by atoms with Crippen molar-refractivity contribution in [3.8, 4) is 11.5 Å². The van der Waals surface area contributed by atoms with Gasteiger partial charge >= 0.3 is 6.03 Å². The van der Waals surface area contributed by atoms with E-state index in [2.05, 4.69) is 5.32 Å². The van der Waals surface area contributed by atoms with Crippen molar-refractivity contribution in [3.63, 3.8) is 0 Å². The topological polar surface area (TPSA) is 88.2 Å². The van der Waals surface area contributed by atoms with Gasteiger partial charge in [0, 0.05) is 17.3 Å². The molecule has 0 saturated carbocycles. The molecule has 178 valence electrons. The molecule has 1 N–H and O–H groups in total. The summed E-state index contributed by atoms with van der Waals surface area (Å²) in [5.41, 5.74) is 1.42. The molecule has 4 amide bonds. The van der Waals surface area contributed by atoms with Crippen LogP contribution in [-0.4, -0.2) is 35.6 Å². The Labute approximate surface area is 204 Å². The van der Waals surface area contributed by atoms with Gasteiger partial charge in [-0.3, -0.25) is 9.59 Å². The molecule has 2 aliphatic rings. The Balaban J connectivity index is 1.41. The number of nitrogens with zero attached hydrogens (tertiary/aromatic N) is 2. The first-order valence-electron chi connectivity index (χ1n) is 10.7. The van der Waals surface area contributed by atoms with Gasteiger partial charge in [-0.15, -0.1) is 0 Å². The highest BCUT2D eigenvalue weighted by Crippen LogP contribution is 2.34. The van der Waals surface area contributed by atoms with Crippen molar-refractivity contribution in [2.75, 3.05) is 17.0 Å². The molecule has 0 radical (unpaired) electrons. The number of amides is 4. The van der Waals surface area contributed by atoms with Crippen molar-refractivity contribution in [2.45, 2.75) is 19.0 Å². The summed E-state index contributed by atoms with van der Waals surface area (Å²) in [4.78, 5) is 41.8. The molecule has 35 heavy (non-hydrogen) atoms. The third-order valence-electron chi connectivity index (χ3n) is 5.70. The molecule has 8 nitrogen and oxygen atoms in total. The van der Waals surface area contributed by atoms with Crippen molar-refractivity contribution >= 4 is 40.8 Å². The largest absolute Gasteiger partial charge is 0.454 e. The number of benzene rings is 3. The number of anilines is 2. The first kappa shape index (κ1) is 22.7. The number of halogens is 2. The molecule has 2 aliphatic heterocycles. The molecule has 3 aromatic rings. The Kier molecular flexibility index (Phi) is 6.00. The van der Waals surface area contributed by atoms with Gasteiger partial charge in [0.2, 0.25) is 12.7 Å². The molecular formula is C25H19ClFN3O5. The average Bonchev–Trinajstić information content (AvgIpc) is 3.39. The van der Waals surface area contributed by atoms with E-state index in [-0.39, 0.29) is 25.4 Å². The molecule has 0 bridgehead atoms. The minimum absolute atomic E-state index is 0.0534. The number of rotatable bonds is 6. The van der Waals surface area contributed by atoms with Gasteiger partial charge in [-0.05, 0) is 66.2 Å². The number of urea groups is 1. The third-order valence-corrected chi connectivity index (χ3v) is 5.95. The molecule has 1 fully saturated rings. The highest BCUT2D eigenvalue weighted by molar-refractivity contribution is 6.30. The Morgan fingerprint density at radius 3 is 2.46 bits per heavy atom. The van der Waals surface area contributed by atoms with E-state index in [0.29, 0.717) is 27.8 Å². The second-order valence-electron chi connectivity index (χ2n) is 8.02. The van der Waals surface area contributed by atoms with Crippen LogP contribution in [0.5, 0.6) is 11.5 Å². The van der Waals surface area contributed by atoms with Crippen molar-refractivity contribution < 1.29 is 28.2 Å². The maximum Gasteiger partial charge on any atom is 0.332 e. The van der Waals surface area contributed by atoms with Gasteiger partial charge < -0.3 is 19.7 Å². The number of carbonyl (C=O) groups is 3. The zero-order chi connectivity index (χ0) is 24.5. The van der Waals surface area contributed by atoms with Crippen molar-refractivity contribution in [3.05, 3.63) is 83.1 Å². The van der Waals surface area contributed by atoms with Crippen LogP contribution in [0.4, 0.5) is 20.6 Å². The second-order valence-corrected chi connectivity index (χ2v) is 8.46. The van der Waals surface area contributed by atoms with Crippen LogP contribution in [0.15, 0.2) is 66.7 Å². The standard InChI is InChI=1S/C25H19ClFN3O5/c26-16-2-6-18(7-3-16)28-23(31)12-20-24(32)30(19-8-4-17(27)5-9-19)25(33)29(20)13-15-1-10-21-22(11-15)35-14-34-21/h1-11,20H,12-14H2,(H,28,31)/t20-/m1/s1. The quantitative estimate of drug-likeness (QED) is 0.506. The number of hydrogen-bond donors (Lipinski definition) is 1. The fraction of sp³-hybridized carbons (Fsp3) is 0.160. The summed E-state index contributed by atoms with van der Waals surface area (Å²) in [5.74, 6) is -0.398. The summed E-state index contributed by atoms with van der Waals surface area (Å²) < 4.78 is 24.2. The summed E-state index contributed by atoms with van der Waals surface area (Å²) >= 11 is 5.89. The zero-order valence-electron chi connectivity index (χ0n) is 18.2. The van der Waals surface area contributed by atoms with E-state index in [1.807, 2.05) is 0 Å². The molecule has 0 spiro atoms. The molecule has 10 heteroatoms. The monoisotopic (exact) mass is 495 g/mol. The summed E-state index contributed by atoms with van der Waals surface area (Å²) in [6.45, 7) is 0.156. The molecule has 5 rings (SSSR count). The Hall–Kier alpha value is -4.11. The van der Waals surface area contributed by atoms with Crippen LogP contribution in [0.1, 0.15) is 12.0 Å². The molecular weight excluding hydrogens is 477 g/mol. The molecule has 0 unspecified atom stereocenters. The van der Waals surface area contributed by atoms with Gasteiger partial charge in [-0.1, -0.05) is 17.7 Å². The van der Waals surface area contributed by atoms with Crippen LogP contribution in [0, 0.1) is 5.82 Å². The highest BCUT2D eigenvalue weighted by atomic mass is 35.5. The molecule has 0 aromatic heterocycles. The lowest BCUT2D eigenvalue weighted by Crippen LogP contribution is -2.37. The minimum Gasteiger partial charge on any atom is -0.454 e. The Morgan fingerprint density at radius 2 is 1.71 bits per heavy atom. The fourth-order valence-corrected chi connectivity index (χ4v) is 4.12. The molecule has 0 aliphatic carbocycles. The predicted octanol–water partition coefficient (Wildman–Crippen LogP) is 4.57. The predicted molar refractivity (Wildman–Crippen MR) is 126 cm³/mol. The van der Waals surface area contributed by atoms with E-state index in [4.69, 9.17) is 21.1 Å².